The van der Waals surface area contributed by atoms with E-state index < -0.39 is 22.5 Å². The Morgan fingerprint density at radius 1 is 1.44 bits per heavy atom. The average Bonchev–Trinajstić information content (AvgIpc) is 2.67. The van der Waals surface area contributed by atoms with Gasteiger partial charge in [0.15, 0.2) is 11.3 Å². The van der Waals surface area contributed by atoms with Gasteiger partial charge in [-0.15, -0.1) is 0 Å². The monoisotopic (exact) mass is 273 g/mol. The highest BCUT2D eigenvalue weighted by molar-refractivity contribution is 6.68. The molecule has 0 aliphatic carbocycles. The second-order valence-electron chi connectivity index (χ2n) is 5.80. The molecule has 2 aliphatic rings. The maximum absolute atomic E-state index is 12.1. The zero-order valence-electron chi connectivity index (χ0n) is 10.7. The van der Waals surface area contributed by atoms with E-state index in [9.17, 15) is 14.4 Å². The molecule has 2 rings (SSSR count). The fraction of sp³-hybridized carbons (Fsp3) is 0.750. The molecule has 0 unspecified atom stereocenters. The Morgan fingerprint density at radius 2 is 2.06 bits per heavy atom. The van der Waals surface area contributed by atoms with Crippen LogP contribution in [0.1, 0.15) is 40.0 Å². The number of carbonyl (C=O) groups excluding carboxylic acids is 3. The zero-order chi connectivity index (χ0) is 13.7. The summed E-state index contributed by atoms with van der Waals surface area (Å²) in [5, 5.41) is -0.779. The van der Waals surface area contributed by atoms with Crippen LogP contribution in [0.5, 0.6) is 0 Å². The molecule has 2 heterocycles. The molecule has 0 aromatic rings. The van der Waals surface area contributed by atoms with Gasteiger partial charge in [-0.1, -0.05) is 0 Å². The number of carbonyl (C=O) groups is 3. The topological polar surface area (TPSA) is 63.7 Å². The highest BCUT2D eigenvalue weighted by atomic mass is 35.5. The molecule has 0 aromatic heterocycles. The number of fused-ring (bicyclic) bond motifs is 2. The Hall–Kier alpha value is -1.10. The summed E-state index contributed by atoms with van der Waals surface area (Å²) in [4.78, 5) is 36.9. The maximum Gasteiger partial charge on any atom is 0.411 e. The fourth-order valence-electron chi connectivity index (χ4n) is 2.71. The van der Waals surface area contributed by atoms with Crippen LogP contribution in [-0.2, 0) is 14.3 Å². The molecule has 1 amide bonds. The van der Waals surface area contributed by atoms with E-state index in [0.717, 1.165) is 0 Å². The van der Waals surface area contributed by atoms with Crippen molar-refractivity contribution in [1.29, 1.82) is 0 Å². The van der Waals surface area contributed by atoms with Crippen LogP contribution in [0.3, 0.4) is 0 Å². The lowest BCUT2D eigenvalue weighted by atomic mass is 9.87. The Kier molecular flexibility index (Phi) is 2.93. The summed E-state index contributed by atoms with van der Waals surface area (Å²) in [6, 6.07) is -0.255. The van der Waals surface area contributed by atoms with Gasteiger partial charge in [-0.3, -0.25) is 14.5 Å². The van der Waals surface area contributed by atoms with E-state index >= 15 is 0 Å². The van der Waals surface area contributed by atoms with Gasteiger partial charge >= 0.3 is 6.09 Å². The number of ketones is 1. The van der Waals surface area contributed by atoms with Crippen molar-refractivity contribution in [2.24, 2.45) is 0 Å². The second kappa shape index (κ2) is 3.95. The third kappa shape index (κ3) is 1.81. The van der Waals surface area contributed by atoms with Gasteiger partial charge < -0.3 is 4.74 Å². The third-order valence-corrected chi connectivity index (χ3v) is 3.73. The van der Waals surface area contributed by atoms with Crippen molar-refractivity contribution in [3.05, 3.63) is 0 Å². The Morgan fingerprint density at radius 3 is 2.50 bits per heavy atom. The summed E-state index contributed by atoms with van der Waals surface area (Å²) in [6.45, 7) is 5.21. The quantitative estimate of drug-likeness (QED) is 0.540. The Labute approximate surface area is 110 Å². The Balaban J connectivity index is 2.31. The molecular weight excluding hydrogens is 258 g/mol. The molecule has 2 atom stereocenters. The van der Waals surface area contributed by atoms with Crippen LogP contribution in [0.2, 0.25) is 0 Å². The highest BCUT2D eigenvalue weighted by Crippen LogP contribution is 2.46. The molecule has 2 fully saturated rings. The van der Waals surface area contributed by atoms with Gasteiger partial charge in [-0.05, 0) is 45.2 Å². The van der Waals surface area contributed by atoms with Crippen molar-refractivity contribution in [1.82, 2.24) is 4.90 Å². The normalized spacial score (nSPS) is 30.8. The molecule has 2 bridgehead atoms. The average molecular weight is 274 g/mol. The van der Waals surface area contributed by atoms with Crippen molar-refractivity contribution in [2.45, 2.75) is 57.2 Å². The van der Waals surface area contributed by atoms with Gasteiger partial charge in [0.05, 0.1) is 0 Å². The number of rotatable bonds is 1. The first-order chi connectivity index (χ1) is 8.18. The lowest BCUT2D eigenvalue weighted by Crippen LogP contribution is -2.54. The first-order valence-corrected chi connectivity index (χ1v) is 6.32. The first-order valence-electron chi connectivity index (χ1n) is 5.94. The summed E-state index contributed by atoms with van der Waals surface area (Å²) in [6.07, 6.45) is 0.476. The van der Waals surface area contributed by atoms with Crippen LogP contribution in [0.15, 0.2) is 0 Å². The largest absolute Gasteiger partial charge is 0.444 e. The van der Waals surface area contributed by atoms with Crippen LogP contribution in [0.4, 0.5) is 4.79 Å². The predicted molar refractivity (Wildman–Crippen MR) is 64.3 cm³/mol. The van der Waals surface area contributed by atoms with E-state index in [1.165, 1.54) is 4.90 Å². The number of Topliss-reactive ketones (excluding diaryl/α,β-unsaturated/α-hetero) is 1. The summed E-state index contributed by atoms with van der Waals surface area (Å²) < 4.78 is 5.25. The minimum Gasteiger partial charge on any atom is -0.444 e. The summed E-state index contributed by atoms with van der Waals surface area (Å²) in [7, 11) is 0. The van der Waals surface area contributed by atoms with E-state index in [4.69, 9.17) is 16.3 Å². The molecule has 18 heavy (non-hydrogen) atoms. The zero-order valence-corrected chi connectivity index (χ0v) is 11.4. The SMILES string of the molecule is CC(C)(C)OC(=O)N1[C@@H]2CC[C@@]1(C(=O)Cl)C(=O)C2. The minimum atomic E-state index is -1.48. The summed E-state index contributed by atoms with van der Waals surface area (Å²) in [5.74, 6) is -0.274. The molecule has 2 saturated heterocycles. The lowest BCUT2D eigenvalue weighted by molar-refractivity contribution is -0.133. The summed E-state index contributed by atoms with van der Waals surface area (Å²) >= 11 is 5.56. The van der Waals surface area contributed by atoms with Gasteiger partial charge in [0, 0.05) is 12.5 Å². The van der Waals surface area contributed by atoms with Crippen LogP contribution in [0.25, 0.3) is 0 Å². The molecule has 6 heteroatoms. The molecule has 0 N–H and O–H groups in total. The Bertz CT molecular complexity index is 428. The van der Waals surface area contributed by atoms with Crippen LogP contribution < -0.4 is 0 Å². The molecule has 5 nitrogen and oxygen atoms in total. The van der Waals surface area contributed by atoms with Crippen LogP contribution in [0, 0.1) is 0 Å². The van der Waals surface area contributed by atoms with Crippen LogP contribution in [-0.4, -0.2) is 39.2 Å². The first kappa shape index (κ1) is 13.3. The number of ether oxygens (including phenoxy) is 1. The van der Waals surface area contributed by atoms with E-state index in [-0.39, 0.29) is 18.2 Å². The molecule has 0 saturated carbocycles. The van der Waals surface area contributed by atoms with Gasteiger partial charge in [0.2, 0.25) is 0 Å². The third-order valence-electron chi connectivity index (χ3n) is 3.41. The van der Waals surface area contributed by atoms with Gasteiger partial charge in [-0.2, -0.15) is 0 Å². The van der Waals surface area contributed by atoms with Crippen molar-refractivity contribution in [3.8, 4) is 0 Å². The number of hydrogen-bond donors (Lipinski definition) is 0. The van der Waals surface area contributed by atoms with E-state index in [2.05, 4.69) is 0 Å². The minimum absolute atomic E-state index is 0.192. The van der Waals surface area contributed by atoms with Gasteiger partial charge in [0.25, 0.3) is 5.24 Å². The molecule has 0 radical (unpaired) electrons. The highest BCUT2D eigenvalue weighted by Gasteiger charge is 2.64. The van der Waals surface area contributed by atoms with Crippen molar-refractivity contribution in [2.75, 3.05) is 0 Å². The van der Waals surface area contributed by atoms with E-state index in [1.54, 1.807) is 20.8 Å². The van der Waals surface area contributed by atoms with E-state index in [1.807, 2.05) is 0 Å². The standard InChI is InChI=1S/C12H16ClNO4/c1-11(2,3)18-10(17)14-7-4-5-12(14,9(13)16)8(15)6-7/h7H,4-6H2,1-3H3/t7-,12+/m1/s1. The molecule has 0 spiro atoms. The van der Waals surface area contributed by atoms with E-state index in [0.29, 0.717) is 12.8 Å². The molecule has 100 valence electrons. The molecular formula is C12H16ClNO4. The number of hydrogen-bond acceptors (Lipinski definition) is 4. The molecule has 0 aromatic carbocycles. The fourth-order valence-corrected chi connectivity index (χ4v) is 3.00. The van der Waals surface area contributed by atoms with Crippen molar-refractivity contribution in [3.63, 3.8) is 0 Å². The molecule has 2 aliphatic heterocycles. The van der Waals surface area contributed by atoms with Crippen LogP contribution >= 0.6 is 11.6 Å². The number of amides is 1. The van der Waals surface area contributed by atoms with Gasteiger partial charge in [-0.25, -0.2) is 4.79 Å². The van der Waals surface area contributed by atoms with Crippen molar-refractivity contribution < 1.29 is 19.1 Å². The smallest absolute Gasteiger partial charge is 0.411 e. The summed E-state index contributed by atoms with van der Waals surface area (Å²) in [5.41, 5.74) is -2.15. The number of nitrogens with zero attached hydrogens (tertiary/aromatic N) is 1. The van der Waals surface area contributed by atoms with Gasteiger partial charge in [0.1, 0.15) is 5.60 Å². The second-order valence-corrected chi connectivity index (χ2v) is 6.15. The predicted octanol–water partition coefficient (Wildman–Crippen LogP) is 1.86. The number of halogens is 1. The maximum atomic E-state index is 12.1. The van der Waals surface area contributed by atoms with Crippen molar-refractivity contribution >= 4 is 28.7 Å². The lowest BCUT2D eigenvalue weighted by Gasteiger charge is -2.31.